The molecule has 0 fully saturated rings. The minimum Gasteiger partial charge on any atom is -0.369 e. The Morgan fingerprint density at radius 2 is 2.04 bits per heavy atom. The molecule has 0 aliphatic heterocycles. The summed E-state index contributed by atoms with van der Waals surface area (Å²) in [6.45, 7) is 2.02. The Labute approximate surface area is 139 Å². The molecule has 0 amide bonds. The molecule has 1 unspecified atom stereocenters. The smallest absolute Gasteiger partial charge is 0.211 e. The second-order valence-corrected chi connectivity index (χ2v) is 6.14. The molecule has 1 aromatic heterocycles. The van der Waals surface area contributed by atoms with Gasteiger partial charge in [0, 0.05) is 23.3 Å². The van der Waals surface area contributed by atoms with Crippen LogP contribution >= 0.6 is 11.6 Å². The summed E-state index contributed by atoms with van der Waals surface area (Å²) in [4.78, 5) is 0. The van der Waals surface area contributed by atoms with Crippen LogP contribution in [0.3, 0.4) is 0 Å². The van der Waals surface area contributed by atoms with Gasteiger partial charge < -0.3 is 11.5 Å². The van der Waals surface area contributed by atoms with Crippen LogP contribution in [-0.4, -0.2) is 21.5 Å². The standard InChI is InChI=1S/C16H19ClN6/c1-9-15-13(20-21-16(18)19)7-10(8-14(15)22-23(9)2)11-5-3-4-6-12(11)17/h3-6,10H,7-8H2,1-2H3,(H4,18,19,21)/b20-13-. The minimum absolute atomic E-state index is 0.0551. The molecular formula is C16H19ClN6. The zero-order valence-electron chi connectivity index (χ0n) is 13.1. The van der Waals surface area contributed by atoms with Crippen LogP contribution in [-0.2, 0) is 13.5 Å². The van der Waals surface area contributed by atoms with Gasteiger partial charge in [0.25, 0.3) is 0 Å². The summed E-state index contributed by atoms with van der Waals surface area (Å²) in [5.41, 5.74) is 15.9. The van der Waals surface area contributed by atoms with Crippen LogP contribution in [0, 0.1) is 6.92 Å². The number of rotatable bonds is 2. The third-order valence-electron chi connectivity index (χ3n) is 4.21. The van der Waals surface area contributed by atoms with E-state index in [1.807, 2.05) is 42.9 Å². The molecule has 0 spiro atoms. The van der Waals surface area contributed by atoms with Gasteiger partial charge in [0.05, 0.1) is 11.4 Å². The summed E-state index contributed by atoms with van der Waals surface area (Å²) in [7, 11) is 1.93. The molecule has 1 aromatic carbocycles. The highest BCUT2D eigenvalue weighted by atomic mass is 35.5. The van der Waals surface area contributed by atoms with Crippen LogP contribution in [0.15, 0.2) is 34.5 Å². The SMILES string of the molecule is Cc1c2c(nn1C)CC(c1ccccc1Cl)C/C2=N/N=C(N)N. The summed E-state index contributed by atoms with van der Waals surface area (Å²) in [6.07, 6.45) is 1.54. The number of guanidine groups is 1. The normalized spacial score (nSPS) is 18.7. The number of hydrogen-bond donors (Lipinski definition) is 2. The van der Waals surface area contributed by atoms with Gasteiger partial charge in [-0.1, -0.05) is 29.8 Å². The quantitative estimate of drug-likeness (QED) is 0.501. The summed E-state index contributed by atoms with van der Waals surface area (Å²) >= 11 is 6.36. The first-order valence-electron chi connectivity index (χ1n) is 7.40. The molecule has 1 aliphatic carbocycles. The zero-order chi connectivity index (χ0) is 16.6. The molecule has 1 aliphatic rings. The Morgan fingerprint density at radius 3 is 2.74 bits per heavy atom. The van der Waals surface area contributed by atoms with E-state index in [0.717, 1.165) is 46.1 Å². The minimum atomic E-state index is -0.0551. The summed E-state index contributed by atoms with van der Waals surface area (Å²) in [5.74, 6) is 0.152. The Hall–Kier alpha value is -2.34. The molecule has 2 aromatic rings. The van der Waals surface area contributed by atoms with E-state index in [-0.39, 0.29) is 11.9 Å². The first-order chi connectivity index (χ1) is 11.0. The van der Waals surface area contributed by atoms with E-state index in [9.17, 15) is 0 Å². The lowest BCUT2D eigenvalue weighted by molar-refractivity contribution is 0.658. The molecule has 7 heteroatoms. The highest BCUT2D eigenvalue weighted by molar-refractivity contribution is 6.31. The van der Waals surface area contributed by atoms with E-state index >= 15 is 0 Å². The maximum atomic E-state index is 6.36. The molecule has 0 saturated carbocycles. The largest absolute Gasteiger partial charge is 0.369 e. The Kier molecular flexibility index (Phi) is 4.09. The highest BCUT2D eigenvalue weighted by Gasteiger charge is 2.30. The van der Waals surface area contributed by atoms with Crippen molar-refractivity contribution in [3.63, 3.8) is 0 Å². The number of nitrogens with zero attached hydrogens (tertiary/aromatic N) is 4. The van der Waals surface area contributed by atoms with Gasteiger partial charge in [0.2, 0.25) is 5.96 Å². The van der Waals surface area contributed by atoms with E-state index in [4.69, 9.17) is 23.1 Å². The average molecular weight is 331 g/mol. The maximum absolute atomic E-state index is 6.36. The molecule has 0 bridgehead atoms. The van der Waals surface area contributed by atoms with Gasteiger partial charge >= 0.3 is 0 Å². The zero-order valence-corrected chi connectivity index (χ0v) is 13.9. The Bertz CT molecular complexity index is 801. The van der Waals surface area contributed by atoms with Crippen LogP contribution in [0.4, 0.5) is 0 Å². The molecule has 23 heavy (non-hydrogen) atoms. The van der Waals surface area contributed by atoms with Crippen molar-refractivity contribution in [3.05, 3.63) is 51.8 Å². The van der Waals surface area contributed by atoms with E-state index in [0.29, 0.717) is 0 Å². The number of nitrogens with two attached hydrogens (primary N) is 2. The van der Waals surface area contributed by atoms with Crippen LogP contribution < -0.4 is 11.5 Å². The van der Waals surface area contributed by atoms with Crippen molar-refractivity contribution < 1.29 is 0 Å². The molecule has 1 atom stereocenters. The molecule has 1 heterocycles. The number of benzene rings is 1. The number of halogens is 1. The first kappa shape index (κ1) is 15.6. The fraction of sp³-hybridized carbons (Fsp3) is 0.312. The van der Waals surface area contributed by atoms with Gasteiger partial charge in [-0.15, -0.1) is 5.10 Å². The summed E-state index contributed by atoms with van der Waals surface area (Å²) in [6, 6.07) is 7.88. The van der Waals surface area contributed by atoms with Gasteiger partial charge in [-0.25, -0.2) is 0 Å². The van der Waals surface area contributed by atoms with Gasteiger partial charge in [-0.05, 0) is 37.3 Å². The van der Waals surface area contributed by atoms with Crippen LogP contribution in [0.2, 0.25) is 5.02 Å². The van der Waals surface area contributed by atoms with E-state index < -0.39 is 0 Å². The molecule has 6 nitrogen and oxygen atoms in total. The van der Waals surface area contributed by atoms with Crippen LogP contribution in [0.1, 0.15) is 34.9 Å². The second kappa shape index (κ2) is 6.04. The summed E-state index contributed by atoms with van der Waals surface area (Å²) < 4.78 is 1.87. The Morgan fingerprint density at radius 1 is 1.30 bits per heavy atom. The lowest BCUT2D eigenvalue weighted by Gasteiger charge is -2.23. The molecule has 4 N–H and O–H groups in total. The van der Waals surface area contributed by atoms with E-state index in [2.05, 4.69) is 15.3 Å². The Balaban J connectivity index is 2.08. The van der Waals surface area contributed by atoms with E-state index in [1.165, 1.54) is 0 Å². The fourth-order valence-electron chi connectivity index (χ4n) is 3.07. The average Bonchev–Trinajstić information content (AvgIpc) is 2.80. The van der Waals surface area contributed by atoms with Crippen molar-refractivity contribution >= 4 is 23.3 Å². The molecule has 3 rings (SSSR count). The van der Waals surface area contributed by atoms with Gasteiger partial charge in [0.15, 0.2) is 0 Å². The monoisotopic (exact) mass is 330 g/mol. The first-order valence-corrected chi connectivity index (χ1v) is 7.78. The van der Waals surface area contributed by atoms with Crippen molar-refractivity contribution in [3.8, 4) is 0 Å². The lowest BCUT2D eigenvalue weighted by Crippen LogP contribution is -2.23. The molecule has 120 valence electrons. The van der Waals surface area contributed by atoms with Crippen LogP contribution in [0.25, 0.3) is 0 Å². The van der Waals surface area contributed by atoms with Crippen molar-refractivity contribution in [2.24, 2.45) is 28.7 Å². The number of aromatic nitrogens is 2. The predicted molar refractivity (Wildman–Crippen MR) is 92.8 cm³/mol. The van der Waals surface area contributed by atoms with E-state index in [1.54, 1.807) is 0 Å². The van der Waals surface area contributed by atoms with Gasteiger partial charge in [-0.3, -0.25) is 4.68 Å². The third kappa shape index (κ3) is 2.94. The fourth-order valence-corrected chi connectivity index (χ4v) is 3.36. The topological polar surface area (TPSA) is 94.6 Å². The molecular weight excluding hydrogens is 312 g/mol. The van der Waals surface area contributed by atoms with Crippen molar-refractivity contribution in [2.75, 3.05) is 0 Å². The third-order valence-corrected chi connectivity index (χ3v) is 4.55. The maximum Gasteiger partial charge on any atom is 0.211 e. The molecule has 0 radical (unpaired) electrons. The molecule has 0 saturated heterocycles. The van der Waals surface area contributed by atoms with Crippen LogP contribution in [0.5, 0.6) is 0 Å². The van der Waals surface area contributed by atoms with Crippen molar-refractivity contribution in [1.29, 1.82) is 0 Å². The number of hydrogen-bond acceptors (Lipinski definition) is 3. The summed E-state index contributed by atoms with van der Waals surface area (Å²) in [5, 5.41) is 13.5. The number of fused-ring (bicyclic) bond motifs is 1. The van der Waals surface area contributed by atoms with Crippen molar-refractivity contribution in [2.45, 2.75) is 25.7 Å². The highest BCUT2D eigenvalue weighted by Crippen LogP contribution is 2.36. The van der Waals surface area contributed by atoms with Gasteiger partial charge in [-0.2, -0.15) is 10.2 Å². The lowest BCUT2D eigenvalue weighted by atomic mass is 9.81. The van der Waals surface area contributed by atoms with Crippen molar-refractivity contribution in [1.82, 2.24) is 9.78 Å². The van der Waals surface area contributed by atoms with Gasteiger partial charge in [0.1, 0.15) is 0 Å². The second-order valence-electron chi connectivity index (χ2n) is 5.73. The predicted octanol–water partition coefficient (Wildman–Crippen LogP) is 2.09. The number of aryl methyl sites for hydroxylation is 1.